The molecule has 0 saturated heterocycles. The first-order chi connectivity index (χ1) is 6.24. The molecule has 68 valence electrons. The van der Waals surface area contributed by atoms with Gasteiger partial charge in [-0.15, -0.1) is 0 Å². The number of aryl methyl sites for hydroxylation is 2. The third-order valence-corrected chi connectivity index (χ3v) is 3.16. The Morgan fingerprint density at radius 1 is 1.38 bits per heavy atom. The van der Waals surface area contributed by atoms with Gasteiger partial charge in [-0.1, -0.05) is 19.1 Å². The van der Waals surface area contributed by atoms with E-state index in [0.717, 1.165) is 10.9 Å². The summed E-state index contributed by atoms with van der Waals surface area (Å²) in [5, 5.41) is 1.33. The van der Waals surface area contributed by atoms with E-state index in [2.05, 4.69) is 53.0 Å². The second kappa shape index (κ2) is 3.18. The van der Waals surface area contributed by atoms with Crippen LogP contribution in [-0.4, -0.2) is 4.98 Å². The first-order valence-electron chi connectivity index (χ1n) is 4.49. The standard InChI is InChI=1S/C11H12BrN/c1-3-10-7(2)8-5-4-6-9(12)11(8)13-10/h4-6,13H,3H2,1-2H3. The Morgan fingerprint density at radius 3 is 2.77 bits per heavy atom. The monoisotopic (exact) mass is 237 g/mol. The number of fused-ring (bicyclic) bond motifs is 1. The van der Waals surface area contributed by atoms with E-state index in [1.165, 1.54) is 22.2 Å². The molecule has 2 heteroatoms. The van der Waals surface area contributed by atoms with Crippen LogP contribution in [-0.2, 0) is 6.42 Å². The highest BCUT2D eigenvalue weighted by Gasteiger charge is 2.06. The van der Waals surface area contributed by atoms with Gasteiger partial charge in [-0.3, -0.25) is 0 Å². The maximum atomic E-state index is 3.54. The molecule has 1 heterocycles. The van der Waals surface area contributed by atoms with Gasteiger partial charge in [0.25, 0.3) is 0 Å². The minimum Gasteiger partial charge on any atom is -0.357 e. The van der Waals surface area contributed by atoms with E-state index in [9.17, 15) is 0 Å². The Morgan fingerprint density at radius 2 is 2.15 bits per heavy atom. The number of aromatic nitrogens is 1. The zero-order valence-electron chi connectivity index (χ0n) is 7.82. The molecule has 1 N–H and O–H groups in total. The van der Waals surface area contributed by atoms with Crippen LogP contribution in [0.25, 0.3) is 10.9 Å². The van der Waals surface area contributed by atoms with E-state index < -0.39 is 0 Å². The molecular formula is C11H12BrN. The van der Waals surface area contributed by atoms with E-state index in [1.54, 1.807) is 0 Å². The van der Waals surface area contributed by atoms with Crippen molar-refractivity contribution in [2.45, 2.75) is 20.3 Å². The molecule has 0 aliphatic rings. The van der Waals surface area contributed by atoms with Crippen molar-refractivity contribution < 1.29 is 0 Å². The largest absolute Gasteiger partial charge is 0.357 e. The Bertz CT molecular complexity index is 443. The summed E-state index contributed by atoms with van der Waals surface area (Å²) in [7, 11) is 0. The van der Waals surface area contributed by atoms with Gasteiger partial charge >= 0.3 is 0 Å². The van der Waals surface area contributed by atoms with E-state index in [1.807, 2.05) is 0 Å². The van der Waals surface area contributed by atoms with Crippen molar-refractivity contribution in [2.75, 3.05) is 0 Å². The van der Waals surface area contributed by atoms with Crippen LogP contribution in [0.3, 0.4) is 0 Å². The molecule has 0 aliphatic heterocycles. The number of hydrogen-bond donors (Lipinski definition) is 1. The summed E-state index contributed by atoms with van der Waals surface area (Å²) in [6.07, 6.45) is 1.06. The predicted octanol–water partition coefficient (Wildman–Crippen LogP) is 3.80. The first-order valence-corrected chi connectivity index (χ1v) is 5.29. The molecule has 1 aromatic carbocycles. The van der Waals surface area contributed by atoms with E-state index in [0.29, 0.717) is 0 Å². The zero-order chi connectivity index (χ0) is 9.42. The van der Waals surface area contributed by atoms with Crippen molar-refractivity contribution in [3.05, 3.63) is 33.9 Å². The highest BCUT2D eigenvalue weighted by molar-refractivity contribution is 9.10. The van der Waals surface area contributed by atoms with E-state index >= 15 is 0 Å². The van der Waals surface area contributed by atoms with Crippen molar-refractivity contribution in [3.8, 4) is 0 Å². The lowest BCUT2D eigenvalue weighted by atomic mass is 10.1. The van der Waals surface area contributed by atoms with E-state index in [-0.39, 0.29) is 0 Å². The fraction of sp³-hybridized carbons (Fsp3) is 0.273. The molecular weight excluding hydrogens is 226 g/mol. The molecule has 0 unspecified atom stereocenters. The van der Waals surface area contributed by atoms with Crippen LogP contribution in [0.4, 0.5) is 0 Å². The fourth-order valence-electron chi connectivity index (χ4n) is 1.72. The molecule has 1 aromatic heterocycles. The third-order valence-electron chi connectivity index (χ3n) is 2.50. The van der Waals surface area contributed by atoms with Crippen molar-refractivity contribution in [3.63, 3.8) is 0 Å². The Hall–Kier alpha value is -0.760. The predicted molar refractivity (Wildman–Crippen MR) is 60.1 cm³/mol. The van der Waals surface area contributed by atoms with Crippen molar-refractivity contribution in [1.82, 2.24) is 4.98 Å². The topological polar surface area (TPSA) is 15.8 Å². The van der Waals surface area contributed by atoms with Crippen LogP contribution in [0.5, 0.6) is 0 Å². The van der Waals surface area contributed by atoms with Gasteiger partial charge in [0.1, 0.15) is 0 Å². The number of para-hydroxylation sites is 1. The molecule has 0 amide bonds. The molecule has 0 spiro atoms. The second-order valence-corrected chi connectivity index (χ2v) is 4.10. The number of halogens is 1. The summed E-state index contributed by atoms with van der Waals surface area (Å²) in [5.74, 6) is 0. The summed E-state index contributed by atoms with van der Waals surface area (Å²) >= 11 is 3.54. The number of H-pyrrole nitrogens is 1. The maximum absolute atomic E-state index is 3.54. The number of hydrogen-bond acceptors (Lipinski definition) is 0. The lowest BCUT2D eigenvalue weighted by Gasteiger charge is -1.92. The van der Waals surface area contributed by atoms with Crippen molar-refractivity contribution >= 4 is 26.8 Å². The van der Waals surface area contributed by atoms with Gasteiger partial charge < -0.3 is 4.98 Å². The van der Waals surface area contributed by atoms with Crippen molar-refractivity contribution in [1.29, 1.82) is 0 Å². The summed E-state index contributed by atoms with van der Waals surface area (Å²) in [6.45, 7) is 4.34. The van der Waals surface area contributed by atoms with Crippen LogP contribution in [0.15, 0.2) is 22.7 Å². The lowest BCUT2D eigenvalue weighted by molar-refractivity contribution is 1.05. The summed E-state index contributed by atoms with van der Waals surface area (Å²) in [5.41, 5.74) is 3.93. The molecule has 2 rings (SSSR count). The normalized spacial score (nSPS) is 11.0. The molecule has 1 nitrogen and oxygen atoms in total. The van der Waals surface area contributed by atoms with E-state index in [4.69, 9.17) is 0 Å². The van der Waals surface area contributed by atoms with Gasteiger partial charge in [-0.05, 0) is 40.9 Å². The average molecular weight is 238 g/mol. The molecule has 0 fully saturated rings. The molecule has 0 saturated carbocycles. The molecule has 13 heavy (non-hydrogen) atoms. The quantitative estimate of drug-likeness (QED) is 0.777. The highest BCUT2D eigenvalue weighted by Crippen LogP contribution is 2.27. The zero-order valence-corrected chi connectivity index (χ0v) is 9.40. The maximum Gasteiger partial charge on any atom is 0.0603 e. The number of aromatic amines is 1. The molecule has 0 atom stereocenters. The van der Waals surface area contributed by atoms with Gasteiger partial charge in [-0.25, -0.2) is 0 Å². The molecule has 0 radical (unpaired) electrons. The Kier molecular flexibility index (Phi) is 2.16. The minimum atomic E-state index is 1.06. The molecule has 0 aliphatic carbocycles. The molecule has 2 aromatic rings. The smallest absolute Gasteiger partial charge is 0.0603 e. The van der Waals surface area contributed by atoms with Crippen LogP contribution < -0.4 is 0 Å². The Labute approximate surface area is 86.3 Å². The number of benzene rings is 1. The molecule has 0 bridgehead atoms. The second-order valence-electron chi connectivity index (χ2n) is 3.24. The van der Waals surface area contributed by atoms with Gasteiger partial charge in [0.15, 0.2) is 0 Å². The van der Waals surface area contributed by atoms with Gasteiger partial charge in [-0.2, -0.15) is 0 Å². The fourth-order valence-corrected chi connectivity index (χ4v) is 2.19. The minimum absolute atomic E-state index is 1.06. The van der Waals surface area contributed by atoms with Gasteiger partial charge in [0.2, 0.25) is 0 Å². The van der Waals surface area contributed by atoms with Crippen LogP contribution in [0.1, 0.15) is 18.2 Å². The third kappa shape index (κ3) is 1.29. The summed E-state index contributed by atoms with van der Waals surface area (Å²) in [4.78, 5) is 3.43. The van der Waals surface area contributed by atoms with Gasteiger partial charge in [0.05, 0.1) is 5.52 Å². The van der Waals surface area contributed by atoms with Crippen LogP contribution in [0, 0.1) is 6.92 Å². The lowest BCUT2D eigenvalue weighted by Crippen LogP contribution is -1.80. The van der Waals surface area contributed by atoms with Crippen LogP contribution in [0.2, 0.25) is 0 Å². The van der Waals surface area contributed by atoms with Crippen molar-refractivity contribution in [2.24, 2.45) is 0 Å². The number of nitrogens with one attached hydrogen (secondary N) is 1. The Balaban J connectivity index is 2.83. The summed E-state index contributed by atoms with van der Waals surface area (Å²) in [6, 6.07) is 6.30. The van der Waals surface area contributed by atoms with Gasteiger partial charge in [0, 0.05) is 15.6 Å². The summed E-state index contributed by atoms with van der Waals surface area (Å²) < 4.78 is 1.15. The number of rotatable bonds is 1. The first kappa shape index (κ1) is 8.82. The average Bonchev–Trinajstić information content (AvgIpc) is 2.45. The highest BCUT2D eigenvalue weighted by atomic mass is 79.9. The van der Waals surface area contributed by atoms with Crippen LogP contribution >= 0.6 is 15.9 Å². The SMILES string of the molecule is CCc1[nH]c2c(Br)cccc2c1C.